The third-order valence-corrected chi connectivity index (χ3v) is 7.35. The van der Waals surface area contributed by atoms with Crippen molar-refractivity contribution < 1.29 is 23.9 Å². The molecule has 1 heterocycles. The Kier molecular flexibility index (Phi) is 9.06. The molecule has 4 rings (SSSR count). The number of aryl methyl sites for hydroxylation is 2. The Balaban J connectivity index is 1.59. The van der Waals surface area contributed by atoms with Crippen LogP contribution < -0.4 is 15.4 Å². The maximum Gasteiger partial charge on any atom is 0.278 e. The molecule has 0 aromatic heterocycles. The van der Waals surface area contributed by atoms with Crippen LogP contribution in [0.4, 0.5) is 11.4 Å². The molecule has 0 bridgehead atoms. The molecule has 0 atom stereocenters. The van der Waals surface area contributed by atoms with Gasteiger partial charge in [0.1, 0.15) is 16.4 Å². The van der Waals surface area contributed by atoms with Gasteiger partial charge in [0.05, 0.1) is 7.11 Å². The molecule has 0 unspecified atom stereocenters. The monoisotopic (exact) mass is 545 g/mol. The summed E-state index contributed by atoms with van der Waals surface area (Å²) in [7, 11) is 3.13. The topological polar surface area (TPSA) is 97.0 Å². The van der Waals surface area contributed by atoms with Crippen molar-refractivity contribution in [1.29, 1.82) is 0 Å². The summed E-state index contributed by atoms with van der Waals surface area (Å²) in [6, 6.07) is 19.8. The average molecular weight is 546 g/mol. The zero-order valence-electron chi connectivity index (χ0n) is 22.4. The van der Waals surface area contributed by atoms with Gasteiger partial charge in [0.25, 0.3) is 17.7 Å². The number of thioether (sulfide) groups is 1. The van der Waals surface area contributed by atoms with Gasteiger partial charge in [-0.2, -0.15) is 0 Å². The normalized spacial score (nSPS) is 13.2. The molecule has 3 aromatic rings. The minimum atomic E-state index is -0.376. The number of anilines is 2. The van der Waals surface area contributed by atoms with E-state index in [4.69, 9.17) is 9.47 Å². The molecule has 39 heavy (non-hydrogen) atoms. The van der Waals surface area contributed by atoms with Gasteiger partial charge in [-0.1, -0.05) is 30.0 Å². The fourth-order valence-electron chi connectivity index (χ4n) is 4.02. The zero-order valence-corrected chi connectivity index (χ0v) is 23.2. The van der Waals surface area contributed by atoms with Crippen LogP contribution in [0.25, 0.3) is 0 Å². The molecular formula is C30H31N3O5S. The summed E-state index contributed by atoms with van der Waals surface area (Å²) in [5.41, 5.74) is 4.18. The van der Waals surface area contributed by atoms with Crippen molar-refractivity contribution in [3.8, 4) is 5.75 Å². The van der Waals surface area contributed by atoms with Gasteiger partial charge in [0.2, 0.25) is 0 Å². The van der Waals surface area contributed by atoms with Crippen LogP contribution >= 0.6 is 11.8 Å². The van der Waals surface area contributed by atoms with Crippen LogP contribution in [-0.2, 0) is 14.3 Å². The van der Waals surface area contributed by atoms with Crippen LogP contribution in [0.5, 0.6) is 5.75 Å². The lowest BCUT2D eigenvalue weighted by molar-refractivity contribution is -0.137. The molecule has 3 aromatic carbocycles. The largest absolute Gasteiger partial charge is 0.497 e. The number of ether oxygens (including phenoxy) is 2. The third kappa shape index (κ3) is 6.68. The maximum atomic E-state index is 13.4. The van der Waals surface area contributed by atoms with E-state index in [9.17, 15) is 14.4 Å². The number of nitrogens with one attached hydrogen (secondary N) is 2. The van der Waals surface area contributed by atoms with E-state index in [0.717, 1.165) is 16.8 Å². The fourth-order valence-corrected chi connectivity index (χ4v) is 5.02. The molecular weight excluding hydrogens is 514 g/mol. The summed E-state index contributed by atoms with van der Waals surface area (Å²) < 4.78 is 10.3. The van der Waals surface area contributed by atoms with E-state index in [1.54, 1.807) is 56.7 Å². The molecule has 9 heteroatoms. The fraction of sp³-hybridized carbons (Fsp3) is 0.233. The van der Waals surface area contributed by atoms with Crippen LogP contribution in [0.1, 0.15) is 27.9 Å². The average Bonchev–Trinajstić information content (AvgIpc) is 3.14. The minimum Gasteiger partial charge on any atom is -0.497 e. The van der Waals surface area contributed by atoms with Crippen molar-refractivity contribution in [1.82, 2.24) is 4.90 Å². The Morgan fingerprint density at radius 1 is 0.897 bits per heavy atom. The molecule has 0 saturated heterocycles. The highest BCUT2D eigenvalue weighted by molar-refractivity contribution is 8.04. The molecule has 3 amide bonds. The number of carbonyl (C=O) groups excluding carboxylic acids is 3. The molecule has 202 valence electrons. The van der Waals surface area contributed by atoms with Gasteiger partial charge < -0.3 is 20.1 Å². The molecule has 0 radical (unpaired) electrons. The van der Waals surface area contributed by atoms with Crippen molar-refractivity contribution in [2.45, 2.75) is 25.2 Å². The number of benzene rings is 3. The first kappa shape index (κ1) is 27.9. The maximum absolute atomic E-state index is 13.4. The van der Waals surface area contributed by atoms with E-state index >= 15 is 0 Å². The number of nitrogens with zero attached hydrogens (tertiary/aromatic N) is 1. The number of hydrogen-bond donors (Lipinski definition) is 2. The highest BCUT2D eigenvalue weighted by Crippen LogP contribution is 2.37. The molecule has 1 aliphatic rings. The van der Waals surface area contributed by atoms with E-state index < -0.39 is 0 Å². The van der Waals surface area contributed by atoms with Crippen LogP contribution in [-0.4, -0.2) is 50.0 Å². The summed E-state index contributed by atoms with van der Waals surface area (Å²) in [5.74, 6) is -0.441. The van der Waals surface area contributed by atoms with Crippen molar-refractivity contribution in [3.05, 3.63) is 94.0 Å². The first-order valence-electron chi connectivity index (χ1n) is 12.5. The van der Waals surface area contributed by atoms with Gasteiger partial charge in [-0.15, -0.1) is 0 Å². The molecule has 0 spiro atoms. The second-order valence-corrected chi connectivity index (χ2v) is 10.1. The summed E-state index contributed by atoms with van der Waals surface area (Å²) in [6.07, 6.45) is 0.536. The Morgan fingerprint density at radius 2 is 1.69 bits per heavy atom. The summed E-state index contributed by atoms with van der Waals surface area (Å²) >= 11 is 1.19. The van der Waals surface area contributed by atoms with E-state index in [1.165, 1.54) is 16.7 Å². The van der Waals surface area contributed by atoms with Gasteiger partial charge in [0, 0.05) is 42.1 Å². The number of rotatable bonds is 11. The molecule has 0 aliphatic carbocycles. The molecule has 2 N–H and O–H groups in total. The predicted octanol–water partition coefficient (Wildman–Crippen LogP) is 5.39. The van der Waals surface area contributed by atoms with Crippen molar-refractivity contribution in [2.24, 2.45) is 0 Å². The van der Waals surface area contributed by atoms with Crippen molar-refractivity contribution >= 4 is 40.9 Å². The lowest BCUT2D eigenvalue weighted by Gasteiger charge is -2.15. The number of imide groups is 1. The van der Waals surface area contributed by atoms with Crippen LogP contribution in [0.2, 0.25) is 0 Å². The Bertz CT molecular complexity index is 1440. The number of methoxy groups -OCH3 is 2. The second kappa shape index (κ2) is 12.6. The smallest absolute Gasteiger partial charge is 0.278 e. The minimum absolute atomic E-state index is 0.233. The summed E-state index contributed by atoms with van der Waals surface area (Å²) in [5, 5.41) is 6.08. The van der Waals surface area contributed by atoms with Gasteiger partial charge in [-0.05, 0) is 79.9 Å². The number of carbonyl (C=O) groups is 3. The summed E-state index contributed by atoms with van der Waals surface area (Å²) in [4.78, 5) is 41.8. The lowest BCUT2D eigenvalue weighted by Crippen LogP contribution is -2.33. The zero-order chi connectivity index (χ0) is 27.9. The predicted molar refractivity (Wildman–Crippen MR) is 153 cm³/mol. The Morgan fingerprint density at radius 3 is 2.44 bits per heavy atom. The van der Waals surface area contributed by atoms with Crippen molar-refractivity contribution in [2.75, 3.05) is 38.0 Å². The first-order valence-corrected chi connectivity index (χ1v) is 13.3. The van der Waals surface area contributed by atoms with Gasteiger partial charge >= 0.3 is 0 Å². The Hall–Kier alpha value is -4.08. The van der Waals surface area contributed by atoms with E-state index in [1.807, 2.05) is 38.1 Å². The van der Waals surface area contributed by atoms with E-state index in [-0.39, 0.29) is 30.0 Å². The summed E-state index contributed by atoms with van der Waals surface area (Å²) in [6.45, 7) is 4.70. The Labute approximate surface area is 232 Å². The lowest BCUT2D eigenvalue weighted by atomic mass is 10.1. The van der Waals surface area contributed by atoms with E-state index in [2.05, 4.69) is 10.6 Å². The van der Waals surface area contributed by atoms with Gasteiger partial charge in [-0.25, -0.2) is 0 Å². The van der Waals surface area contributed by atoms with Crippen LogP contribution in [0.15, 0.2) is 82.2 Å². The first-order chi connectivity index (χ1) is 18.8. The SMILES string of the molecule is COCCCN1C(=O)C(Nc2ccc(C)c(C)c2)=C(Sc2cccc(NC(=O)c3cccc(OC)c3)c2)C1=O. The second-order valence-electron chi connectivity index (χ2n) is 9.05. The van der Waals surface area contributed by atoms with E-state index in [0.29, 0.717) is 39.8 Å². The highest BCUT2D eigenvalue weighted by atomic mass is 32.2. The highest BCUT2D eigenvalue weighted by Gasteiger charge is 2.38. The molecule has 1 aliphatic heterocycles. The number of hydrogen-bond acceptors (Lipinski definition) is 7. The number of amides is 3. The standard InChI is InChI=1S/C30H31N3O5S/c1-19-12-13-23(16-20(19)2)31-26-27(30(36)33(29(26)35)14-7-15-37-3)39-25-11-6-9-22(18-25)32-28(34)21-8-5-10-24(17-21)38-4/h5-6,8-13,16-18,31H,7,14-15H2,1-4H3,(H,32,34). The molecule has 8 nitrogen and oxygen atoms in total. The quantitative estimate of drug-likeness (QED) is 0.246. The van der Waals surface area contributed by atoms with Crippen LogP contribution in [0, 0.1) is 13.8 Å². The van der Waals surface area contributed by atoms with Gasteiger partial charge in [0.15, 0.2) is 0 Å². The molecule has 0 fully saturated rings. The van der Waals surface area contributed by atoms with Crippen molar-refractivity contribution in [3.63, 3.8) is 0 Å². The van der Waals surface area contributed by atoms with Crippen LogP contribution in [0.3, 0.4) is 0 Å². The molecule has 0 saturated carbocycles. The van der Waals surface area contributed by atoms with Gasteiger partial charge in [-0.3, -0.25) is 19.3 Å². The third-order valence-electron chi connectivity index (χ3n) is 6.28.